The first-order valence-electron chi connectivity index (χ1n) is 9.94. The van der Waals surface area contributed by atoms with Crippen molar-refractivity contribution in [2.24, 2.45) is 0 Å². The fourth-order valence-corrected chi connectivity index (χ4v) is 4.20. The third kappa shape index (κ3) is 2.92. The van der Waals surface area contributed by atoms with Crippen molar-refractivity contribution in [3.05, 3.63) is 72.3 Å². The molecule has 0 N–H and O–H groups in total. The number of nitrogens with zero attached hydrogens (tertiary/aromatic N) is 6. The van der Waals surface area contributed by atoms with Gasteiger partial charge in [0.15, 0.2) is 11.2 Å². The summed E-state index contributed by atoms with van der Waals surface area (Å²) in [5.41, 5.74) is 2.84. The van der Waals surface area contributed by atoms with Gasteiger partial charge in [-0.25, -0.2) is 23.3 Å². The number of halogens is 2. The average Bonchev–Trinajstić information content (AvgIpc) is 3.52. The summed E-state index contributed by atoms with van der Waals surface area (Å²) in [5, 5.41) is 4.35. The van der Waals surface area contributed by atoms with Crippen molar-refractivity contribution in [3.63, 3.8) is 0 Å². The Morgan fingerprint density at radius 3 is 2.90 bits per heavy atom. The van der Waals surface area contributed by atoms with Gasteiger partial charge < -0.3 is 9.32 Å². The third-order valence-corrected chi connectivity index (χ3v) is 5.64. The molecule has 0 bridgehead atoms. The summed E-state index contributed by atoms with van der Waals surface area (Å²) in [6, 6.07) is 6.88. The highest BCUT2D eigenvalue weighted by atomic mass is 19.1. The van der Waals surface area contributed by atoms with Crippen LogP contribution in [0.1, 0.15) is 24.4 Å². The SMILES string of the molecule is Fc1ccc(F)c([C@H]2CCCN2c2ccn3ncc(-c4nc5cnccc5o4)c3n2)c1. The van der Waals surface area contributed by atoms with E-state index in [4.69, 9.17) is 9.40 Å². The summed E-state index contributed by atoms with van der Waals surface area (Å²) in [5.74, 6) is 0.203. The fourth-order valence-electron chi connectivity index (χ4n) is 4.20. The van der Waals surface area contributed by atoms with E-state index < -0.39 is 11.6 Å². The van der Waals surface area contributed by atoms with Gasteiger partial charge in [0.1, 0.15) is 28.5 Å². The van der Waals surface area contributed by atoms with Crippen LogP contribution in [0, 0.1) is 11.6 Å². The van der Waals surface area contributed by atoms with Gasteiger partial charge in [-0.15, -0.1) is 0 Å². The van der Waals surface area contributed by atoms with Crippen LogP contribution in [0.3, 0.4) is 0 Å². The number of aromatic nitrogens is 5. The zero-order valence-corrected chi connectivity index (χ0v) is 16.2. The molecule has 7 nitrogen and oxygen atoms in total. The number of anilines is 1. The van der Waals surface area contributed by atoms with Gasteiger partial charge >= 0.3 is 0 Å². The number of benzene rings is 1. The van der Waals surface area contributed by atoms with Gasteiger partial charge in [-0.1, -0.05) is 0 Å². The van der Waals surface area contributed by atoms with Gasteiger partial charge in [-0.3, -0.25) is 4.98 Å². The zero-order valence-electron chi connectivity index (χ0n) is 16.2. The van der Waals surface area contributed by atoms with E-state index in [0.29, 0.717) is 46.1 Å². The molecule has 1 saturated heterocycles. The highest BCUT2D eigenvalue weighted by Gasteiger charge is 2.30. The second-order valence-electron chi connectivity index (χ2n) is 7.49. The lowest BCUT2D eigenvalue weighted by atomic mass is 10.0. The maximum Gasteiger partial charge on any atom is 0.232 e. The molecule has 154 valence electrons. The summed E-state index contributed by atoms with van der Waals surface area (Å²) in [7, 11) is 0. The summed E-state index contributed by atoms with van der Waals surface area (Å²) in [4.78, 5) is 15.3. The van der Waals surface area contributed by atoms with E-state index in [1.807, 2.05) is 11.0 Å². The third-order valence-electron chi connectivity index (χ3n) is 5.64. The van der Waals surface area contributed by atoms with Gasteiger partial charge in [0, 0.05) is 30.6 Å². The average molecular weight is 418 g/mol. The standard InChI is InChI=1S/C22H16F2N6O/c23-13-3-4-16(24)14(10-13)18-2-1-8-29(18)20-6-9-30-21(28-20)15(11-26-30)22-27-17-12-25-7-5-19(17)31-22/h3-7,9-12,18H,1-2,8H2/t18-/m1/s1. The van der Waals surface area contributed by atoms with Crippen LogP contribution in [-0.2, 0) is 0 Å². The van der Waals surface area contributed by atoms with Crippen molar-refractivity contribution in [2.75, 3.05) is 11.4 Å². The zero-order chi connectivity index (χ0) is 20.9. The summed E-state index contributed by atoms with van der Waals surface area (Å²) < 4.78 is 35.7. The molecule has 31 heavy (non-hydrogen) atoms. The molecule has 4 aromatic heterocycles. The topological polar surface area (TPSA) is 72.3 Å². The minimum Gasteiger partial charge on any atom is -0.436 e. The molecule has 1 fully saturated rings. The molecule has 1 aliphatic heterocycles. The Morgan fingerprint density at radius 2 is 2.00 bits per heavy atom. The highest BCUT2D eigenvalue weighted by Crippen LogP contribution is 2.37. The van der Waals surface area contributed by atoms with Gasteiger partial charge in [0.2, 0.25) is 5.89 Å². The van der Waals surface area contributed by atoms with Crippen molar-refractivity contribution >= 4 is 22.6 Å². The van der Waals surface area contributed by atoms with Gasteiger partial charge in [-0.05, 0) is 37.1 Å². The van der Waals surface area contributed by atoms with Crippen LogP contribution in [-0.4, -0.2) is 31.1 Å². The Kier molecular flexibility index (Phi) is 3.95. The first kappa shape index (κ1) is 17.9. The number of rotatable bonds is 3. The molecule has 0 amide bonds. The molecule has 1 atom stereocenters. The van der Waals surface area contributed by atoms with E-state index in [1.165, 1.54) is 12.1 Å². The second kappa shape index (κ2) is 6.83. The molecular formula is C22H16F2N6O. The minimum atomic E-state index is -0.449. The van der Waals surface area contributed by atoms with Crippen LogP contribution >= 0.6 is 0 Å². The van der Waals surface area contributed by atoms with E-state index in [-0.39, 0.29) is 6.04 Å². The van der Waals surface area contributed by atoms with Crippen LogP contribution in [0.25, 0.3) is 28.2 Å². The predicted octanol–water partition coefficient (Wildman–Crippen LogP) is 4.55. The Balaban J connectivity index is 1.43. The highest BCUT2D eigenvalue weighted by molar-refractivity contribution is 5.79. The van der Waals surface area contributed by atoms with Crippen LogP contribution in [0.4, 0.5) is 14.6 Å². The first-order chi connectivity index (χ1) is 15.2. The molecule has 1 aromatic carbocycles. The number of hydrogen-bond donors (Lipinski definition) is 0. The number of oxazole rings is 1. The summed E-state index contributed by atoms with van der Waals surface area (Å²) in [6.45, 7) is 0.696. The maximum absolute atomic E-state index is 14.4. The quantitative estimate of drug-likeness (QED) is 0.428. The van der Waals surface area contributed by atoms with E-state index >= 15 is 0 Å². The smallest absolute Gasteiger partial charge is 0.232 e. The molecule has 9 heteroatoms. The molecule has 0 aliphatic carbocycles. The summed E-state index contributed by atoms with van der Waals surface area (Å²) >= 11 is 0. The van der Waals surface area contributed by atoms with E-state index in [0.717, 1.165) is 18.9 Å². The van der Waals surface area contributed by atoms with Crippen molar-refractivity contribution in [3.8, 4) is 11.5 Å². The Hall–Kier alpha value is -3.88. The minimum absolute atomic E-state index is 0.285. The van der Waals surface area contributed by atoms with Gasteiger partial charge in [-0.2, -0.15) is 5.10 Å². The molecule has 1 aliphatic rings. The van der Waals surface area contributed by atoms with Crippen LogP contribution in [0.15, 0.2) is 59.5 Å². The Morgan fingerprint density at radius 1 is 1.06 bits per heavy atom. The summed E-state index contributed by atoms with van der Waals surface area (Å²) in [6.07, 6.45) is 8.30. The van der Waals surface area contributed by atoms with Crippen molar-refractivity contribution in [1.82, 2.24) is 24.6 Å². The molecule has 6 rings (SSSR count). The van der Waals surface area contributed by atoms with Gasteiger partial charge in [0.25, 0.3) is 0 Å². The molecule has 5 aromatic rings. The number of fused-ring (bicyclic) bond motifs is 2. The van der Waals surface area contributed by atoms with E-state index in [1.54, 1.807) is 35.4 Å². The maximum atomic E-state index is 14.4. The lowest BCUT2D eigenvalue weighted by Crippen LogP contribution is -2.24. The second-order valence-corrected chi connectivity index (χ2v) is 7.49. The number of pyridine rings is 1. The molecular weight excluding hydrogens is 402 g/mol. The molecule has 5 heterocycles. The monoisotopic (exact) mass is 418 g/mol. The first-order valence-corrected chi connectivity index (χ1v) is 9.94. The normalized spacial score (nSPS) is 16.6. The lowest BCUT2D eigenvalue weighted by molar-refractivity contribution is 0.560. The van der Waals surface area contributed by atoms with E-state index in [9.17, 15) is 8.78 Å². The van der Waals surface area contributed by atoms with Crippen LogP contribution in [0.2, 0.25) is 0 Å². The van der Waals surface area contributed by atoms with E-state index in [2.05, 4.69) is 15.1 Å². The Bertz CT molecular complexity index is 1400. The molecule has 0 unspecified atom stereocenters. The largest absolute Gasteiger partial charge is 0.436 e. The molecule has 0 saturated carbocycles. The molecule has 0 spiro atoms. The molecule has 0 radical (unpaired) electrons. The lowest BCUT2D eigenvalue weighted by Gasteiger charge is -2.26. The van der Waals surface area contributed by atoms with Gasteiger partial charge in [0.05, 0.1) is 18.4 Å². The predicted molar refractivity (Wildman–Crippen MR) is 109 cm³/mol. The van der Waals surface area contributed by atoms with Crippen molar-refractivity contribution in [1.29, 1.82) is 0 Å². The van der Waals surface area contributed by atoms with Crippen LogP contribution < -0.4 is 4.90 Å². The fraction of sp³-hybridized carbons (Fsp3) is 0.182. The van der Waals surface area contributed by atoms with Crippen LogP contribution in [0.5, 0.6) is 0 Å². The van der Waals surface area contributed by atoms with Crippen molar-refractivity contribution in [2.45, 2.75) is 18.9 Å². The van der Waals surface area contributed by atoms with Crippen molar-refractivity contribution < 1.29 is 13.2 Å². The Labute approximate surface area is 175 Å². The number of hydrogen-bond acceptors (Lipinski definition) is 6.